The molecule has 72 valence electrons. The van der Waals surface area contributed by atoms with Crippen molar-refractivity contribution < 1.29 is 22.5 Å². The molecule has 3 N–H and O–H groups in total. The Balaban J connectivity index is 4.56. The SMILES string of the molecule is COC(=O)C(CCN)S(=O)(=O)O. The molecule has 0 radical (unpaired) electrons. The molecule has 0 aromatic carbocycles. The first-order valence-corrected chi connectivity index (χ1v) is 4.68. The normalized spacial score (nSPS) is 13.9. The summed E-state index contributed by atoms with van der Waals surface area (Å²) in [5.74, 6) is -0.997. The predicted molar refractivity (Wildman–Crippen MR) is 41.0 cm³/mol. The fraction of sp³-hybridized carbons (Fsp3) is 0.800. The van der Waals surface area contributed by atoms with Gasteiger partial charge in [-0.15, -0.1) is 0 Å². The van der Waals surface area contributed by atoms with E-state index >= 15 is 0 Å². The molecule has 0 aromatic rings. The predicted octanol–water partition coefficient (Wildman–Crippen LogP) is -1.24. The van der Waals surface area contributed by atoms with Gasteiger partial charge in [0.05, 0.1) is 7.11 Å². The number of carbonyl (C=O) groups excluding carboxylic acids is 1. The molecule has 6 nitrogen and oxygen atoms in total. The monoisotopic (exact) mass is 197 g/mol. The molecule has 7 heteroatoms. The Kier molecular flexibility index (Phi) is 4.15. The van der Waals surface area contributed by atoms with Crippen LogP contribution >= 0.6 is 0 Å². The highest BCUT2D eigenvalue weighted by Gasteiger charge is 2.30. The van der Waals surface area contributed by atoms with Crippen molar-refractivity contribution in [1.82, 2.24) is 0 Å². The van der Waals surface area contributed by atoms with Gasteiger partial charge in [0, 0.05) is 0 Å². The summed E-state index contributed by atoms with van der Waals surface area (Å²) in [7, 11) is -3.35. The molecule has 0 spiro atoms. The smallest absolute Gasteiger partial charge is 0.326 e. The van der Waals surface area contributed by atoms with Crippen molar-refractivity contribution in [2.24, 2.45) is 5.73 Å². The first-order chi connectivity index (χ1) is 5.43. The zero-order valence-corrected chi connectivity index (χ0v) is 7.37. The number of carbonyl (C=O) groups is 1. The Morgan fingerprint density at radius 3 is 2.42 bits per heavy atom. The van der Waals surface area contributed by atoms with E-state index in [4.69, 9.17) is 10.3 Å². The zero-order valence-electron chi connectivity index (χ0n) is 6.56. The maximum atomic E-state index is 10.7. The molecule has 12 heavy (non-hydrogen) atoms. The fourth-order valence-corrected chi connectivity index (χ4v) is 1.44. The lowest BCUT2D eigenvalue weighted by Gasteiger charge is -2.09. The van der Waals surface area contributed by atoms with Crippen LogP contribution < -0.4 is 5.73 Å². The second-order valence-electron chi connectivity index (χ2n) is 2.10. The molecule has 0 rings (SSSR count). The van der Waals surface area contributed by atoms with E-state index in [-0.39, 0.29) is 13.0 Å². The fourth-order valence-electron chi connectivity index (χ4n) is 0.671. The molecule has 0 saturated heterocycles. The Morgan fingerprint density at radius 1 is 1.67 bits per heavy atom. The number of rotatable bonds is 4. The number of hydrogen-bond acceptors (Lipinski definition) is 5. The van der Waals surface area contributed by atoms with E-state index in [1.54, 1.807) is 0 Å². The maximum absolute atomic E-state index is 10.7. The Morgan fingerprint density at radius 2 is 2.17 bits per heavy atom. The third-order valence-corrected chi connectivity index (χ3v) is 2.40. The summed E-state index contributed by atoms with van der Waals surface area (Å²) in [6.45, 7) is -0.0143. The van der Waals surface area contributed by atoms with E-state index < -0.39 is 21.3 Å². The Bertz CT molecular complexity index is 247. The van der Waals surface area contributed by atoms with Gasteiger partial charge >= 0.3 is 5.97 Å². The zero-order chi connectivity index (χ0) is 9.78. The third-order valence-electron chi connectivity index (χ3n) is 1.25. The van der Waals surface area contributed by atoms with Crippen molar-refractivity contribution in [2.75, 3.05) is 13.7 Å². The van der Waals surface area contributed by atoms with Crippen LogP contribution in [0.5, 0.6) is 0 Å². The van der Waals surface area contributed by atoms with Crippen LogP contribution in [0, 0.1) is 0 Å². The molecule has 0 aliphatic heterocycles. The number of hydrogen-bond donors (Lipinski definition) is 2. The molecule has 0 amide bonds. The van der Waals surface area contributed by atoms with Crippen molar-refractivity contribution in [3.63, 3.8) is 0 Å². The van der Waals surface area contributed by atoms with E-state index in [0.717, 1.165) is 7.11 Å². The van der Waals surface area contributed by atoms with Crippen molar-refractivity contribution >= 4 is 16.1 Å². The van der Waals surface area contributed by atoms with Crippen molar-refractivity contribution in [3.05, 3.63) is 0 Å². The molecule has 0 bridgehead atoms. The number of nitrogens with two attached hydrogens (primary N) is 1. The average molecular weight is 197 g/mol. The van der Waals surface area contributed by atoms with Crippen LogP contribution in [0.1, 0.15) is 6.42 Å². The van der Waals surface area contributed by atoms with Crippen molar-refractivity contribution in [1.29, 1.82) is 0 Å². The second kappa shape index (κ2) is 4.39. The number of ether oxygens (including phenoxy) is 1. The first-order valence-electron chi connectivity index (χ1n) is 3.17. The van der Waals surface area contributed by atoms with Crippen molar-refractivity contribution in [2.45, 2.75) is 11.7 Å². The number of methoxy groups -OCH3 is 1. The minimum atomic E-state index is -4.39. The van der Waals surface area contributed by atoms with Gasteiger partial charge in [-0.2, -0.15) is 8.42 Å². The van der Waals surface area contributed by atoms with E-state index in [9.17, 15) is 13.2 Å². The van der Waals surface area contributed by atoms with Gasteiger partial charge in [0.2, 0.25) is 0 Å². The highest BCUT2D eigenvalue weighted by Crippen LogP contribution is 2.04. The van der Waals surface area contributed by atoms with E-state index in [2.05, 4.69) is 4.74 Å². The van der Waals surface area contributed by atoms with Crippen LogP contribution in [0.2, 0.25) is 0 Å². The molecular formula is C5H11NO5S. The average Bonchev–Trinajstić information content (AvgIpc) is 1.96. The summed E-state index contributed by atoms with van der Waals surface area (Å²) in [6, 6.07) is 0. The molecule has 1 unspecified atom stereocenters. The molecular weight excluding hydrogens is 186 g/mol. The highest BCUT2D eigenvalue weighted by atomic mass is 32.2. The summed E-state index contributed by atoms with van der Waals surface area (Å²) in [4.78, 5) is 10.7. The van der Waals surface area contributed by atoms with Gasteiger partial charge in [0.25, 0.3) is 10.1 Å². The third kappa shape index (κ3) is 3.16. The summed E-state index contributed by atoms with van der Waals surface area (Å²) in [5, 5.41) is -1.56. The molecule has 1 atom stereocenters. The Hall–Kier alpha value is -0.660. The molecule has 0 fully saturated rings. The van der Waals surface area contributed by atoms with E-state index in [0.29, 0.717) is 0 Å². The first kappa shape index (κ1) is 11.3. The van der Waals surface area contributed by atoms with Gasteiger partial charge in [-0.25, -0.2) is 0 Å². The minimum absolute atomic E-state index is 0.0143. The second-order valence-corrected chi connectivity index (χ2v) is 3.70. The lowest BCUT2D eigenvalue weighted by atomic mass is 10.3. The quantitative estimate of drug-likeness (QED) is 0.431. The van der Waals surface area contributed by atoms with Gasteiger partial charge in [-0.1, -0.05) is 0 Å². The summed E-state index contributed by atoms with van der Waals surface area (Å²) in [6.07, 6.45) is -0.147. The molecule has 0 aliphatic carbocycles. The molecule has 0 heterocycles. The van der Waals surface area contributed by atoms with Crippen molar-refractivity contribution in [3.8, 4) is 0 Å². The lowest BCUT2D eigenvalue weighted by Crippen LogP contribution is -2.33. The van der Waals surface area contributed by atoms with Crippen LogP contribution in [0.15, 0.2) is 0 Å². The van der Waals surface area contributed by atoms with Gasteiger partial charge < -0.3 is 10.5 Å². The number of esters is 1. The van der Waals surface area contributed by atoms with Gasteiger partial charge in [-0.05, 0) is 13.0 Å². The van der Waals surface area contributed by atoms with Crippen LogP contribution in [-0.4, -0.2) is 37.8 Å². The molecule has 0 aromatic heterocycles. The van der Waals surface area contributed by atoms with Crippen LogP contribution in [0.4, 0.5) is 0 Å². The van der Waals surface area contributed by atoms with Gasteiger partial charge in [0.1, 0.15) is 0 Å². The Labute approximate surface area is 70.4 Å². The molecule has 0 aliphatic rings. The highest BCUT2D eigenvalue weighted by molar-refractivity contribution is 7.87. The van der Waals surface area contributed by atoms with E-state index in [1.165, 1.54) is 0 Å². The van der Waals surface area contributed by atoms with E-state index in [1.807, 2.05) is 0 Å². The topological polar surface area (TPSA) is 107 Å². The summed E-state index contributed by atoms with van der Waals surface area (Å²) >= 11 is 0. The van der Waals surface area contributed by atoms with Gasteiger partial charge in [0.15, 0.2) is 5.25 Å². The minimum Gasteiger partial charge on any atom is -0.468 e. The maximum Gasteiger partial charge on any atom is 0.326 e. The van der Waals surface area contributed by atoms with Crippen LogP contribution in [-0.2, 0) is 19.6 Å². The lowest BCUT2D eigenvalue weighted by molar-refractivity contribution is -0.140. The van der Waals surface area contributed by atoms with Crippen LogP contribution in [0.3, 0.4) is 0 Å². The summed E-state index contributed by atoms with van der Waals surface area (Å²) in [5.41, 5.74) is 5.04. The van der Waals surface area contributed by atoms with Crippen LogP contribution in [0.25, 0.3) is 0 Å². The largest absolute Gasteiger partial charge is 0.468 e. The summed E-state index contributed by atoms with van der Waals surface area (Å²) < 4.78 is 33.7. The standard InChI is InChI=1S/C5H11NO5S/c1-11-5(7)4(2-3-6)12(8,9)10/h4H,2-3,6H2,1H3,(H,8,9,10). The van der Waals surface area contributed by atoms with Gasteiger partial charge in [-0.3, -0.25) is 9.35 Å². The molecule has 0 saturated carbocycles.